The number of aliphatic carboxylic acids is 1. The van der Waals surface area contributed by atoms with Crippen molar-refractivity contribution in [2.75, 3.05) is 0 Å². The van der Waals surface area contributed by atoms with Gasteiger partial charge in [0, 0.05) is 6.92 Å². The Morgan fingerprint density at radius 2 is 1.92 bits per heavy atom. The monoisotopic (exact) mass is 329 g/mol. The van der Waals surface area contributed by atoms with E-state index in [0.29, 0.717) is 11.3 Å². The van der Waals surface area contributed by atoms with Gasteiger partial charge in [-0.2, -0.15) is 0 Å². The average molecular weight is 329 g/mol. The van der Waals surface area contributed by atoms with Crippen molar-refractivity contribution in [2.24, 2.45) is 0 Å². The normalized spacial score (nSPS) is 11.0. The second-order valence-electron chi connectivity index (χ2n) is 5.03. The molecule has 0 fully saturated rings. The maximum atomic E-state index is 12.9. The molecular formula is C18H16FNO4. The van der Waals surface area contributed by atoms with E-state index in [-0.39, 0.29) is 18.1 Å². The molecule has 0 bridgehead atoms. The Morgan fingerprint density at radius 3 is 2.54 bits per heavy atom. The topological polar surface area (TPSA) is 75.6 Å². The van der Waals surface area contributed by atoms with Crippen LogP contribution in [0.3, 0.4) is 0 Å². The van der Waals surface area contributed by atoms with Gasteiger partial charge in [0.05, 0.1) is 0 Å². The van der Waals surface area contributed by atoms with Gasteiger partial charge in [-0.25, -0.2) is 9.18 Å². The molecule has 0 aromatic heterocycles. The Labute approximate surface area is 138 Å². The van der Waals surface area contributed by atoms with E-state index in [4.69, 9.17) is 9.84 Å². The third-order valence-electron chi connectivity index (χ3n) is 3.03. The van der Waals surface area contributed by atoms with E-state index in [1.807, 2.05) is 0 Å². The third-order valence-corrected chi connectivity index (χ3v) is 3.03. The molecule has 2 rings (SSSR count). The van der Waals surface area contributed by atoms with Crippen molar-refractivity contribution in [1.29, 1.82) is 0 Å². The minimum absolute atomic E-state index is 0.224. The first-order valence-electron chi connectivity index (χ1n) is 7.14. The molecule has 6 heteroatoms. The predicted octanol–water partition coefficient (Wildman–Crippen LogP) is 2.97. The van der Waals surface area contributed by atoms with Gasteiger partial charge in [-0.15, -0.1) is 0 Å². The zero-order chi connectivity index (χ0) is 17.5. The van der Waals surface area contributed by atoms with Crippen LogP contribution >= 0.6 is 0 Å². The standard InChI is InChI=1S/C18H16FNO4/c1-12(21)20-17(18(22)23)10-14-3-2-4-16(9-14)24-11-13-5-7-15(19)8-6-13/h2-10H,11H2,1H3,(H,20,21)(H,22,23)/b17-10+. The SMILES string of the molecule is CC(=O)N/C(=C/c1cccc(OCc2ccc(F)cc2)c1)C(=O)O. The number of amides is 1. The molecule has 0 saturated heterocycles. The molecule has 24 heavy (non-hydrogen) atoms. The molecule has 2 aromatic carbocycles. The number of carbonyl (C=O) groups is 2. The first-order chi connectivity index (χ1) is 11.4. The van der Waals surface area contributed by atoms with Crippen molar-refractivity contribution in [3.8, 4) is 5.75 Å². The van der Waals surface area contributed by atoms with Gasteiger partial charge in [0.25, 0.3) is 0 Å². The number of halogens is 1. The van der Waals surface area contributed by atoms with E-state index in [2.05, 4.69) is 5.32 Å². The summed E-state index contributed by atoms with van der Waals surface area (Å²) in [6.07, 6.45) is 1.34. The Morgan fingerprint density at radius 1 is 1.21 bits per heavy atom. The molecule has 5 nitrogen and oxygen atoms in total. The first-order valence-corrected chi connectivity index (χ1v) is 7.14. The second kappa shape index (κ2) is 7.92. The molecule has 0 atom stereocenters. The minimum atomic E-state index is -1.23. The highest BCUT2D eigenvalue weighted by atomic mass is 19.1. The molecule has 0 spiro atoms. The molecule has 1 amide bonds. The van der Waals surface area contributed by atoms with Gasteiger partial charge in [0.15, 0.2) is 0 Å². The van der Waals surface area contributed by atoms with Gasteiger partial charge in [0.2, 0.25) is 5.91 Å². The number of carbonyl (C=O) groups excluding carboxylic acids is 1. The fraction of sp³-hybridized carbons (Fsp3) is 0.111. The van der Waals surface area contributed by atoms with Crippen LogP contribution in [-0.4, -0.2) is 17.0 Å². The molecule has 0 unspecified atom stereocenters. The summed E-state index contributed by atoms with van der Waals surface area (Å²) in [6.45, 7) is 1.49. The molecule has 124 valence electrons. The second-order valence-corrected chi connectivity index (χ2v) is 5.03. The first kappa shape index (κ1) is 17.2. The Hall–Kier alpha value is -3.15. The maximum absolute atomic E-state index is 12.9. The number of benzene rings is 2. The summed E-state index contributed by atoms with van der Waals surface area (Å²) in [6, 6.07) is 12.7. The van der Waals surface area contributed by atoms with Crippen LogP contribution in [0.15, 0.2) is 54.2 Å². The van der Waals surface area contributed by atoms with Crippen molar-refractivity contribution < 1.29 is 23.8 Å². The quantitative estimate of drug-likeness (QED) is 0.799. The lowest BCUT2D eigenvalue weighted by Crippen LogP contribution is -2.24. The molecule has 2 aromatic rings. The number of rotatable bonds is 6. The van der Waals surface area contributed by atoms with Crippen molar-refractivity contribution in [2.45, 2.75) is 13.5 Å². The number of nitrogens with one attached hydrogen (secondary N) is 1. The van der Waals surface area contributed by atoms with E-state index in [1.165, 1.54) is 25.1 Å². The number of carboxylic acid groups (broad SMARTS) is 1. The van der Waals surface area contributed by atoms with Crippen LogP contribution in [0.1, 0.15) is 18.1 Å². The van der Waals surface area contributed by atoms with Crippen LogP contribution in [0.2, 0.25) is 0 Å². The molecule has 0 radical (unpaired) electrons. The van der Waals surface area contributed by atoms with Crippen LogP contribution in [0.25, 0.3) is 6.08 Å². The highest BCUT2D eigenvalue weighted by molar-refractivity contribution is 5.96. The van der Waals surface area contributed by atoms with Crippen molar-refractivity contribution in [3.05, 3.63) is 71.2 Å². The fourth-order valence-corrected chi connectivity index (χ4v) is 1.95. The van der Waals surface area contributed by atoms with Crippen molar-refractivity contribution in [3.63, 3.8) is 0 Å². The Kier molecular flexibility index (Phi) is 5.68. The fourth-order valence-electron chi connectivity index (χ4n) is 1.95. The van der Waals surface area contributed by atoms with E-state index < -0.39 is 11.9 Å². The van der Waals surface area contributed by atoms with Gasteiger partial charge >= 0.3 is 5.97 Å². The van der Waals surface area contributed by atoms with Crippen molar-refractivity contribution in [1.82, 2.24) is 5.32 Å². The van der Waals surface area contributed by atoms with Crippen LogP contribution in [0, 0.1) is 5.82 Å². The lowest BCUT2D eigenvalue weighted by Gasteiger charge is -2.08. The van der Waals surface area contributed by atoms with Gasteiger partial charge in [0.1, 0.15) is 23.9 Å². The molecule has 2 N–H and O–H groups in total. The van der Waals surface area contributed by atoms with Crippen LogP contribution in [0.4, 0.5) is 4.39 Å². The van der Waals surface area contributed by atoms with Crippen LogP contribution in [0.5, 0.6) is 5.75 Å². The van der Waals surface area contributed by atoms with Gasteiger partial charge < -0.3 is 15.2 Å². The van der Waals surface area contributed by atoms with E-state index in [9.17, 15) is 14.0 Å². The summed E-state index contributed by atoms with van der Waals surface area (Å²) in [7, 11) is 0. The minimum Gasteiger partial charge on any atom is -0.489 e. The van der Waals surface area contributed by atoms with Crippen LogP contribution in [-0.2, 0) is 16.2 Å². The summed E-state index contributed by atoms with van der Waals surface area (Å²) < 4.78 is 18.5. The van der Waals surface area contributed by atoms with Crippen molar-refractivity contribution >= 4 is 18.0 Å². The molecule has 0 aliphatic carbocycles. The summed E-state index contributed by atoms with van der Waals surface area (Å²) in [5, 5.41) is 11.3. The number of carboxylic acids is 1. The Balaban J connectivity index is 2.11. The smallest absolute Gasteiger partial charge is 0.352 e. The van der Waals surface area contributed by atoms with Crippen LogP contribution < -0.4 is 10.1 Å². The highest BCUT2D eigenvalue weighted by Gasteiger charge is 2.09. The molecule has 0 aliphatic heterocycles. The highest BCUT2D eigenvalue weighted by Crippen LogP contribution is 2.17. The molecule has 0 aliphatic rings. The zero-order valence-electron chi connectivity index (χ0n) is 13.0. The Bertz CT molecular complexity index is 769. The van der Waals surface area contributed by atoms with Gasteiger partial charge in [-0.1, -0.05) is 24.3 Å². The molecule has 0 heterocycles. The zero-order valence-corrected chi connectivity index (χ0v) is 13.0. The number of hydrogen-bond donors (Lipinski definition) is 2. The lowest BCUT2D eigenvalue weighted by atomic mass is 10.1. The van der Waals surface area contributed by atoms with E-state index in [0.717, 1.165) is 5.56 Å². The van der Waals surface area contributed by atoms with E-state index in [1.54, 1.807) is 36.4 Å². The van der Waals surface area contributed by atoms with Gasteiger partial charge in [-0.3, -0.25) is 4.79 Å². The number of ether oxygens (including phenoxy) is 1. The number of hydrogen-bond acceptors (Lipinski definition) is 3. The molecular weight excluding hydrogens is 313 g/mol. The average Bonchev–Trinajstić information content (AvgIpc) is 2.53. The summed E-state index contributed by atoms with van der Waals surface area (Å²) in [5.74, 6) is -1.49. The van der Waals surface area contributed by atoms with E-state index >= 15 is 0 Å². The maximum Gasteiger partial charge on any atom is 0.352 e. The summed E-state index contributed by atoms with van der Waals surface area (Å²) in [5.41, 5.74) is 1.15. The molecule has 0 saturated carbocycles. The lowest BCUT2D eigenvalue weighted by molar-refractivity contribution is -0.134. The predicted molar refractivity (Wildman–Crippen MR) is 86.6 cm³/mol. The van der Waals surface area contributed by atoms with Gasteiger partial charge in [-0.05, 0) is 41.5 Å². The third kappa shape index (κ3) is 5.24. The largest absolute Gasteiger partial charge is 0.489 e. The summed E-state index contributed by atoms with van der Waals surface area (Å²) in [4.78, 5) is 22.2. The summed E-state index contributed by atoms with van der Waals surface area (Å²) >= 11 is 0.